The van der Waals surface area contributed by atoms with Gasteiger partial charge in [-0.15, -0.1) is 0 Å². The van der Waals surface area contributed by atoms with E-state index in [2.05, 4.69) is 35.4 Å². The van der Waals surface area contributed by atoms with Crippen LogP contribution in [0.5, 0.6) is 0 Å². The minimum atomic E-state index is -1.11. The number of fused-ring (bicyclic) bond motifs is 1. The number of hydrogen-bond donors (Lipinski definition) is 2. The minimum Gasteiger partial charge on any atom is -0.477 e. The lowest BCUT2D eigenvalue weighted by molar-refractivity contribution is 0.0689. The van der Waals surface area contributed by atoms with Crippen LogP contribution in [0.15, 0.2) is 36.5 Å². The SMILES string of the molecule is Cc1ccc2c(c1)C(NC(=O)c1ccc(C(=O)O)nc1)C(C)C2. The molecular weight excluding hydrogens is 292 g/mol. The van der Waals surface area contributed by atoms with E-state index in [-0.39, 0.29) is 17.6 Å². The molecule has 2 N–H and O–H groups in total. The molecule has 1 heterocycles. The molecule has 5 heteroatoms. The lowest BCUT2D eigenvalue weighted by Crippen LogP contribution is -2.30. The number of rotatable bonds is 3. The Bertz CT molecular complexity index is 768. The molecule has 2 atom stereocenters. The van der Waals surface area contributed by atoms with E-state index in [1.54, 1.807) is 0 Å². The van der Waals surface area contributed by atoms with E-state index >= 15 is 0 Å². The molecule has 0 aliphatic heterocycles. The van der Waals surface area contributed by atoms with Crippen molar-refractivity contribution in [1.82, 2.24) is 10.3 Å². The largest absolute Gasteiger partial charge is 0.477 e. The van der Waals surface area contributed by atoms with Gasteiger partial charge in [0.05, 0.1) is 11.6 Å². The van der Waals surface area contributed by atoms with E-state index < -0.39 is 5.97 Å². The first kappa shape index (κ1) is 15.2. The number of carbonyl (C=O) groups excluding carboxylic acids is 1. The number of carbonyl (C=O) groups is 2. The number of benzene rings is 1. The summed E-state index contributed by atoms with van der Waals surface area (Å²) < 4.78 is 0. The maximum atomic E-state index is 12.4. The summed E-state index contributed by atoms with van der Waals surface area (Å²) in [6.45, 7) is 4.16. The number of aryl methyl sites for hydroxylation is 1. The van der Waals surface area contributed by atoms with E-state index in [0.717, 1.165) is 6.42 Å². The Morgan fingerprint density at radius 2 is 2.04 bits per heavy atom. The summed E-state index contributed by atoms with van der Waals surface area (Å²) in [6.07, 6.45) is 2.24. The first-order valence-electron chi connectivity index (χ1n) is 7.55. The van der Waals surface area contributed by atoms with Crippen molar-refractivity contribution in [2.24, 2.45) is 5.92 Å². The maximum Gasteiger partial charge on any atom is 0.354 e. The fourth-order valence-electron chi connectivity index (χ4n) is 3.06. The zero-order chi connectivity index (χ0) is 16.6. The van der Waals surface area contributed by atoms with Crippen LogP contribution < -0.4 is 5.32 Å². The van der Waals surface area contributed by atoms with Gasteiger partial charge in [-0.2, -0.15) is 0 Å². The van der Waals surface area contributed by atoms with E-state index in [9.17, 15) is 9.59 Å². The summed E-state index contributed by atoms with van der Waals surface area (Å²) >= 11 is 0. The van der Waals surface area contributed by atoms with E-state index in [1.165, 1.54) is 35.0 Å². The van der Waals surface area contributed by atoms with Crippen LogP contribution in [-0.4, -0.2) is 22.0 Å². The second kappa shape index (κ2) is 5.83. The van der Waals surface area contributed by atoms with E-state index in [1.807, 2.05) is 6.92 Å². The number of nitrogens with zero attached hydrogens (tertiary/aromatic N) is 1. The third kappa shape index (κ3) is 2.95. The number of aromatic nitrogens is 1. The minimum absolute atomic E-state index is 0.0310. The first-order chi connectivity index (χ1) is 11.0. The van der Waals surface area contributed by atoms with Crippen molar-refractivity contribution in [3.8, 4) is 0 Å². The molecule has 0 spiro atoms. The maximum absolute atomic E-state index is 12.4. The number of nitrogens with one attached hydrogen (secondary N) is 1. The van der Waals surface area contributed by atoms with Gasteiger partial charge in [-0.1, -0.05) is 30.7 Å². The third-order valence-electron chi connectivity index (χ3n) is 4.28. The predicted octanol–water partition coefficient (Wildman–Crippen LogP) is 2.75. The number of pyridine rings is 1. The second-order valence-corrected chi connectivity index (χ2v) is 6.07. The molecule has 3 rings (SSSR count). The van der Waals surface area contributed by atoms with Crippen molar-refractivity contribution in [2.45, 2.75) is 26.3 Å². The van der Waals surface area contributed by atoms with Crippen LogP contribution in [0.1, 0.15) is 50.5 Å². The van der Waals surface area contributed by atoms with Crippen molar-refractivity contribution in [1.29, 1.82) is 0 Å². The summed E-state index contributed by atoms with van der Waals surface area (Å²) in [5.74, 6) is -1.02. The van der Waals surface area contributed by atoms with Crippen LogP contribution in [-0.2, 0) is 6.42 Å². The molecular formula is C18H18N2O3. The Balaban J connectivity index is 1.80. The van der Waals surface area contributed by atoms with Crippen molar-refractivity contribution in [3.63, 3.8) is 0 Å². The molecule has 5 nitrogen and oxygen atoms in total. The highest BCUT2D eigenvalue weighted by molar-refractivity contribution is 5.95. The van der Waals surface area contributed by atoms with Gasteiger partial charge in [0.25, 0.3) is 5.91 Å². The third-order valence-corrected chi connectivity index (χ3v) is 4.28. The van der Waals surface area contributed by atoms with Crippen LogP contribution in [0, 0.1) is 12.8 Å². The van der Waals surface area contributed by atoms with E-state index in [0.29, 0.717) is 11.5 Å². The second-order valence-electron chi connectivity index (χ2n) is 6.07. The van der Waals surface area contributed by atoms with Crippen LogP contribution in [0.4, 0.5) is 0 Å². The highest BCUT2D eigenvalue weighted by Gasteiger charge is 2.30. The van der Waals surface area contributed by atoms with Crippen molar-refractivity contribution >= 4 is 11.9 Å². The topological polar surface area (TPSA) is 79.3 Å². The molecule has 1 aromatic heterocycles. The van der Waals surface area contributed by atoms with Crippen molar-refractivity contribution < 1.29 is 14.7 Å². The normalized spacial score (nSPS) is 19.2. The van der Waals surface area contributed by atoms with Crippen LogP contribution >= 0.6 is 0 Å². The average molecular weight is 310 g/mol. The zero-order valence-electron chi connectivity index (χ0n) is 13.0. The fourth-order valence-corrected chi connectivity index (χ4v) is 3.06. The highest BCUT2D eigenvalue weighted by Crippen LogP contribution is 2.36. The molecule has 1 aromatic carbocycles. The smallest absolute Gasteiger partial charge is 0.354 e. The van der Waals surface area contributed by atoms with Gasteiger partial charge >= 0.3 is 5.97 Å². The molecule has 0 saturated heterocycles. The van der Waals surface area contributed by atoms with Crippen molar-refractivity contribution in [3.05, 3.63) is 64.5 Å². The van der Waals surface area contributed by atoms with Gasteiger partial charge < -0.3 is 10.4 Å². The molecule has 1 amide bonds. The summed E-state index contributed by atoms with van der Waals surface area (Å²) in [6, 6.07) is 9.13. The van der Waals surface area contributed by atoms with Crippen LogP contribution in [0.2, 0.25) is 0 Å². The van der Waals surface area contributed by atoms with Gasteiger partial charge in [0.15, 0.2) is 0 Å². The Labute approximate surface area is 134 Å². The Hall–Kier alpha value is -2.69. The van der Waals surface area contributed by atoms with Crippen LogP contribution in [0.25, 0.3) is 0 Å². The van der Waals surface area contributed by atoms with Crippen molar-refractivity contribution in [2.75, 3.05) is 0 Å². The van der Waals surface area contributed by atoms with Gasteiger partial charge in [-0.05, 0) is 42.5 Å². The Morgan fingerprint density at radius 3 is 2.70 bits per heavy atom. The quantitative estimate of drug-likeness (QED) is 0.913. The zero-order valence-corrected chi connectivity index (χ0v) is 13.0. The average Bonchev–Trinajstić information content (AvgIpc) is 2.83. The van der Waals surface area contributed by atoms with Crippen LogP contribution in [0.3, 0.4) is 0 Å². The van der Waals surface area contributed by atoms with E-state index in [4.69, 9.17) is 5.11 Å². The monoisotopic (exact) mass is 310 g/mol. The molecule has 0 radical (unpaired) electrons. The molecule has 1 aliphatic carbocycles. The van der Waals surface area contributed by atoms with Gasteiger partial charge in [0, 0.05) is 6.20 Å². The number of hydrogen-bond acceptors (Lipinski definition) is 3. The van der Waals surface area contributed by atoms with Gasteiger partial charge in [-0.25, -0.2) is 9.78 Å². The van der Waals surface area contributed by atoms with Gasteiger partial charge in [0.1, 0.15) is 5.69 Å². The molecule has 2 aromatic rings. The number of carboxylic acid groups (broad SMARTS) is 1. The van der Waals surface area contributed by atoms with Gasteiger partial charge in [-0.3, -0.25) is 4.79 Å². The summed E-state index contributed by atoms with van der Waals surface area (Å²) in [5.41, 5.74) is 3.90. The highest BCUT2D eigenvalue weighted by atomic mass is 16.4. The number of carboxylic acids is 1. The molecule has 0 bridgehead atoms. The molecule has 2 unspecified atom stereocenters. The Morgan fingerprint density at radius 1 is 1.26 bits per heavy atom. The predicted molar refractivity (Wildman–Crippen MR) is 85.5 cm³/mol. The Kier molecular flexibility index (Phi) is 3.86. The molecule has 23 heavy (non-hydrogen) atoms. The van der Waals surface area contributed by atoms with Gasteiger partial charge in [0.2, 0.25) is 0 Å². The molecule has 0 saturated carbocycles. The number of amides is 1. The summed E-state index contributed by atoms with van der Waals surface area (Å²) in [4.78, 5) is 27.0. The summed E-state index contributed by atoms with van der Waals surface area (Å²) in [7, 11) is 0. The summed E-state index contributed by atoms with van der Waals surface area (Å²) in [5, 5.41) is 11.9. The first-order valence-corrected chi connectivity index (χ1v) is 7.55. The molecule has 118 valence electrons. The molecule has 1 aliphatic rings. The lowest BCUT2D eigenvalue weighted by atomic mass is 10.0. The number of aromatic carboxylic acids is 1. The lowest BCUT2D eigenvalue weighted by Gasteiger charge is -2.19. The fraction of sp³-hybridized carbons (Fsp3) is 0.278. The standard InChI is InChI=1S/C18H18N2O3/c1-10-3-4-12-8-11(2)16(14(12)7-10)20-17(21)13-5-6-15(18(22)23)19-9-13/h3-7,9,11,16H,8H2,1-2H3,(H,20,21)(H,22,23). The molecule has 0 fully saturated rings.